The molecule has 0 spiro atoms. The van der Waals surface area contributed by atoms with E-state index in [1.54, 1.807) is 36.4 Å². The van der Waals surface area contributed by atoms with Gasteiger partial charge in [0.05, 0.1) is 12.1 Å². The Balaban J connectivity index is 1.82. The van der Waals surface area contributed by atoms with E-state index in [1.165, 1.54) is 13.2 Å². The number of hydrogen-bond donors (Lipinski definition) is 1. The highest BCUT2D eigenvalue weighted by molar-refractivity contribution is 6.32. The van der Waals surface area contributed by atoms with Crippen LogP contribution in [0.15, 0.2) is 72.3 Å². The molecule has 3 aromatic rings. The van der Waals surface area contributed by atoms with Gasteiger partial charge in [-0.3, -0.25) is 4.79 Å². The SMILES string of the molecule is COc1cc(/C=C(/C#N)C(=O)Nc2ccccc2)cc(Cl)c1OCc1cccc(C)c1. The highest BCUT2D eigenvalue weighted by Gasteiger charge is 2.14. The van der Waals surface area contributed by atoms with Gasteiger partial charge < -0.3 is 14.8 Å². The third kappa shape index (κ3) is 5.88. The van der Waals surface area contributed by atoms with Crippen LogP contribution in [0.4, 0.5) is 5.69 Å². The summed E-state index contributed by atoms with van der Waals surface area (Å²) >= 11 is 6.43. The van der Waals surface area contributed by atoms with Crippen LogP contribution in [0.3, 0.4) is 0 Å². The lowest BCUT2D eigenvalue weighted by molar-refractivity contribution is -0.112. The van der Waals surface area contributed by atoms with E-state index < -0.39 is 5.91 Å². The highest BCUT2D eigenvalue weighted by Crippen LogP contribution is 2.37. The lowest BCUT2D eigenvalue weighted by atomic mass is 10.1. The van der Waals surface area contributed by atoms with Crippen molar-refractivity contribution in [3.8, 4) is 17.6 Å². The van der Waals surface area contributed by atoms with E-state index in [9.17, 15) is 10.1 Å². The molecule has 3 aromatic carbocycles. The summed E-state index contributed by atoms with van der Waals surface area (Å²) in [5.41, 5.74) is 3.23. The minimum absolute atomic E-state index is 0.0598. The van der Waals surface area contributed by atoms with Crippen LogP contribution in [-0.2, 0) is 11.4 Å². The fraction of sp³-hybridized carbons (Fsp3) is 0.120. The Kier molecular flexibility index (Phi) is 7.31. The molecule has 0 saturated heterocycles. The molecule has 31 heavy (non-hydrogen) atoms. The number of nitriles is 1. The number of para-hydroxylation sites is 1. The van der Waals surface area contributed by atoms with Crippen molar-refractivity contribution in [3.63, 3.8) is 0 Å². The molecule has 0 unspecified atom stereocenters. The van der Waals surface area contributed by atoms with Gasteiger partial charge in [-0.25, -0.2) is 0 Å². The predicted molar refractivity (Wildman–Crippen MR) is 122 cm³/mol. The smallest absolute Gasteiger partial charge is 0.266 e. The number of benzene rings is 3. The largest absolute Gasteiger partial charge is 0.493 e. The number of ether oxygens (including phenoxy) is 2. The first kappa shape index (κ1) is 21.9. The van der Waals surface area contributed by atoms with E-state index in [0.29, 0.717) is 34.4 Å². The molecular formula is C25H21ClN2O3. The van der Waals surface area contributed by atoms with Crippen molar-refractivity contribution < 1.29 is 14.3 Å². The molecule has 0 saturated carbocycles. The molecular weight excluding hydrogens is 412 g/mol. The van der Waals surface area contributed by atoms with Gasteiger partial charge in [-0.2, -0.15) is 5.26 Å². The normalized spacial score (nSPS) is 10.8. The predicted octanol–water partition coefficient (Wildman–Crippen LogP) is 5.78. The molecule has 0 heterocycles. The third-order valence-corrected chi connectivity index (χ3v) is 4.71. The van der Waals surface area contributed by atoms with Gasteiger partial charge in [0.25, 0.3) is 5.91 Å². The van der Waals surface area contributed by atoms with Gasteiger partial charge in [0.15, 0.2) is 11.5 Å². The molecule has 0 atom stereocenters. The first-order valence-electron chi connectivity index (χ1n) is 9.54. The van der Waals surface area contributed by atoms with Crippen LogP contribution in [0.5, 0.6) is 11.5 Å². The maximum absolute atomic E-state index is 12.5. The minimum Gasteiger partial charge on any atom is -0.493 e. The summed E-state index contributed by atoms with van der Waals surface area (Å²) < 4.78 is 11.3. The van der Waals surface area contributed by atoms with Crippen LogP contribution in [0.2, 0.25) is 5.02 Å². The van der Waals surface area contributed by atoms with Crippen molar-refractivity contribution in [3.05, 3.63) is 94.0 Å². The second-order valence-electron chi connectivity index (χ2n) is 6.80. The lowest BCUT2D eigenvalue weighted by Crippen LogP contribution is -2.13. The average Bonchev–Trinajstić information content (AvgIpc) is 2.77. The molecule has 1 N–H and O–H groups in total. The van der Waals surface area contributed by atoms with Crippen molar-refractivity contribution in [2.75, 3.05) is 12.4 Å². The molecule has 1 amide bonds. The molecule has 3 rings (SSSR count). The molecule has 5 nitrogen and oxygen atoms in total. The van der Waals surface area contributed by atoms with Crippen LogP contribution in [-0.4, -0.2) is 13.0 Å². The van der Waals surface area contributed by atoms with Gasteiger partial charge >= 0.3 is 0 Å². The number of carbonyl (C=O) groups is 1. The number of nitrogens with zero attached hydrogens (tertiary/aromatic N) is 1. The monoisotopic (exact) mass is 432 g/mol. The second kappa shape index (κ2) is 10.3. The van der Waals surface area contributed by atoms with E-state index >= 15 is 0 Å². The van der Waals surface area contributed by atoms with Crippen molar-refractivity contribution in [1.82, 2.24) is 0 Å². The van der Waals surface area contributed by atoms with E-state index in [2.05, 4.69) is 5.32 Å². The number of rotatable bonds is 7. The van der Waals surface area contributed by atoms with Crippen molar-refractivity contribution in [2.45, 2.75) is 13.5 Å². The zero-order valence-electron chi connectivity index (χ0n) is 17.2. The number of nitrogens with one attached hydrogen (secondary N) is 1. The quantitative estimate of drug-likeness (QED) is 0.379. The topological polar surface area (TPSA) is 71.3 Å². The number of halogens is 1. The van der Waals surface area contributed by atoms with E-state index in [-0.39, 0.29) is 5.57 Å². The molecule has 0 aliphatic carbocycles. The minimum atomic E-state index is -0.511. The zero-order chi connectivity index (χ0) is 22.2. The fourth-order valence-corrected chi connectivity index (χ4v) is 3.23. The second-order valence-corrected chi connectivity index (χ2v) is 7.21. The molecule has 0 aliphatic rings. The Hall–Kier alpha value is -3.75. The van der Waals surface area contributed by atoms with Crippen LogP contribution in [0.25, 0.3) is 6.08 Å². The van der Waals surface area contributed by atoms with Crippen LogP contribution < -0.4 is 14.8 Å². The van der Waals surface area contributed by atoms with Crippen molar-refractivity contribution in [2.24, 2.45) is 0 Å². The van der Waals surface area contributed by atoms with E-state index in [0.717, 1.165) is 11.1 Å². The maximum atomic E-state index is 12.5. The summed E-state index contributed by atoms with van der Waals surface area (Å²) in [6.45, 7) is 2.34. The summed E-state index contributed by atoms with van der Waals surface area (Å²) in [6, 6.07) is 22.1. The van der Waals surface area contributed by atoms with E-state index in [1.807, 2.05) is 43.3 Å². The number of anilines is 1. The van der Waals surface area contributed by atoms with Gasteiger partial charge in [-0.05, 0) is 48.4 Å². The molecule has 156 valence electrons. The van der Waals surface area contributed by atoms with Gasteiger partial charge in [0, 0.05) is 5.69 Å². The fourth-order valence-electron chi connectivity index (χ4n) is 2.96. The molecule has 6 heteroatoms. The summed E-state index contributed by atoms with van der Waals surface area (Å²) in [6.07, 6.45) is 1.46. The van der Waals surface area contributed by atoms with Crippen LogP contribution in [0, 0.1) is 18.3 Å². The molecule has 0 aromatic heterocycles. The Bertz CT molecular complexity index is 1150. The highest BCUT2D eigenvalue weighted by atomic mass is 35.5. The standard InChI is InChI=1S/C25H21ClN2O3/c1-17-7-6-8-18(11-17)16-31-24-22(26)13-19(14-23(24)30-2)12-20(15-27)25(29)28-21-9-4-3-5-10-21/h3-14H,16H2,1-2H3,(H,28,29)/b20-12-. The number of carbonyl (C=O) groups excluding carboxylic acids is 1. The molecule has 0 bridgehead atoms. The molecule has 0 aliphatic heterocycles. The summed E-state index contributed by atoms with van der Waals surface area (Å²) in [5, 5.41) is 12.5. The van der Waals surface area contributed by atoms with Crippen molar-refractivity contribution >= 4 is 29.3 Å². The zero-order valence-corrected chi connectivity index (χ0v) is 17.9. The Morgan fingerprint density at radius 1 is 1.13 bits per heavy atom. The first-order chi connectivity index (χ1) is 15.0. The molecule has 0 fully saturated rings. The number of hydrogen-bond acceptors (Lipinski definition) is 4. The number of methoxy groups -OCH3 is 1. The van der Waals surface area contributed by atoms with E-state index in [4.69, 9.17) is 21.1 Å². The van der Waals surface area contributed by atoms with Crippen molar-refractivity contribution in [1.29, 1.82) is 5.26 Å². The lowest BCUT2D eigenvalue weighted by Gasteiger charge is -2.14. The number of aryl methyl sites for hydroxylation is 1. The maximum Gasteiger partial charge on any atom is 0.266 e. The van der Waals surface area contributed by atoms with Gasteiger partial charge in [-0.15, -0.1) is 0 Å². The summed E-state index contributed by atoms with van der Waals surface area (Å²) in [5.74, 6) is 0.297. The Labute approximate surface area is 186 Å². The average molecular weight is 433 g/mol. The Morgan fingerprint density at radius 3 is 2.58 bits per heavy atom. The third-order valence-electron chi connectivity index (χ3n) is 4.43. The van der Waals surface area contributed by atoms with Gasteiger partial charge in [0.2, 0.25) is 0 Å². The van der Waals surface area contributed by atoms with Gasteiger partial charge in [0.1, 0.15) is 18.2 Å². The first-order valence-corrected chi connectivity index (χ1v) is 9.92. The van der Waals surface area contributed by atoms with Crippen LogP contribution >= 0.6 is 11.6 Å². The summed E-state index contributed by atoms with van der Waals surface area (Å²) in [4.78, 5) is 12.5. The molecule has 0 radical (unpaired) electrons. The van der Waals surface area contributed by atoms with Gasteiger partial charge in [-0.1, -0.05) is 59.6 Å². The Morgan fingerprint density at radius 2 is 1.90 bits per heavy atom. The number of amides is 1. The summed E-state index contributed by atoms with van der Waals surface area (Å²) in [7, 11) is 1.51. The van der Waals surface area contributed by atoms with Crippen LogP contribution in [0.1, 0.15) is 16.7 Å².